The molecule has 0 spiro atoms. The third-order valence-electron chi connectivity index (χ3n) is 5.59. The molecule has 0 amide bonds. The first-order valence-corrected chi connectivity index (χ1v) is 8.25. The van der Waals surface area contributed by atoms with Gasteiger partial charge in [0.2, 0.25) is 0 Å². The van der Waals surface area contributed by atoms with E-state index in [0.29, 0.717) is 22.2 Å². The van der Waals surface area contributed by atoms with E-state index in [1.54, 1.807) is 6.07 Å². The molecule has 0 saturated carbocycles. The summed E-state index contributed by atoms with van der Waals surface area (Å²) in [6, 6.07) is 6.35. The number of hydrogen-bond acceptors (Lipinski definition) is 2. The zero-order chi connectivity index (χ0) is 15.2. The molecule has 1 saturated heterocycles. The second-order valence-corrected chi connectivity index (χ2v) is 7.57. The summed E-state index contributed by atoms with van der Waals surface area (Å²) in [7, 11) is 0. The van der Waals surface area contributed by atoms with Gasteiger partial charge in [0, 0.05) is 12.6 Å². The lowest BCUT2D eigenvalue weighted by Gasteiger charge is -2.54. The number of phenolic OH excluding ortho intramolecular Hbond substituents is 1. The van der Waals surface area contributed by atoms with Crippen LogP contribution >= 0.6 is 23.2 Å². The molecule has 1 fully saturated rings. The Balaban J connectivity index is 1.96. The van der Waals surface area contributed by atoms with Crippen LogP contribution in [0.15, 0.2) is 28.8 Å². The summed E-state index contributed by atoms with van der Waals surface area (Å²) in [5, 5.41) is 9.84. The van der Waals surface area contributed by atoms with Crippen LogP contribution in [0, 0.1) is 5.92 Å². The molecule has 3 unspecified atom stereocenters. The third kappa shape index (κ3) is 2.58. The number of fused-ring (bicyclic) bond motifs is 4. The van der Waals surface area contributed by atoms with E-state index in [4.69, 9.17) is 23.2 Å². The van der Waals surface area contributed by atoms with Crippen LogP contribution < -0.4 is 0 Å². The van der Waals surface area contributed by atoms with Crippen molar-refractivity contribution < 1.29 is 5.11 Å². The predicted molar refractivity (Wildman–Crippen MR) is 88.1 cm³/mol. The van der Waals surface area contributed by atoms with E-state index in [2.05, 4.69) is 24.8 Å². The van der Waals surface area contributed by atoms with E-state index in [1.165, 1.54) is 11.1 Å². The molecule has 3 rings (SSSR count). The molecular formula is C17H21Cl2NO. The lowest BCUT2D eigenvalue weighted by atomic mass is 9.59. The van der Waals surface area contributed by atoms with Crippen molar-refractivity contribution in [2.75, 3.05) is 13.1 Å². The van der Waals surface area contributed by atoms with Crippen LogP contribution in [0.4, 0.5) is 0 Å². The predicted octanol–water partition coefficient (Wildman–Crippen LogP) is 4.24. The van der Waals surface area contributed by atoms with Gasteiger partial charge in [-0.05, 0) is 60.1 Å². The van der Waals surface area contributed by atoms with E-state index >= 15 is 0 Å². The molecule has 1 aliphatic heterocycles. The fraction of sp³-hybridized carbons (Fsp3) is 0.529. The molecule has 4 heteroatoms. The van der Waals surface area contributed by atoms with Gasteiger partial charge in [-0.25, -0.2) is 0 Å². The fourth-order valence-electron chi connectivity index (χ4n) is 4.11. The van der Waals surface area contributed by atoms with Gasteiger partial charge in [0.1, 0.15) is 10.2 Å². The van der Waals surface area contributed by atoms with E-state index in [1.807, 2.05) is 12.1 Å². The molecular weight excluding hydrogens is 305 g/mol. The molecule has 1 aliphatic carbocycles. The van der Waals surface area contributed by atoms with Crippen LogP contribution in [0.25, 0.3) is 0 Å². The van der Waals surface area contributed by atoms with Crippen LogP contribution in [0.5, 0.6) is 5.75 Å². The largest absolute Gasteiger partial charge is 0.508 e. The number of nitrogens with zero attached hydrogens (tertiary/aromatic N) is 1. The Bertz CT molecular complexity index is 582. The highest BCUT2D eigenvalue weighted by molar-refractivity contribution is 6.55. The fourth-order valence-corrected chi connectivity index (χ4v) is 4.25. The summed E-state index contributed by atoms with van der Waals surface area (Å²) in [5.41, 5.74) is 2.84. The third-order valence-corrected chi connectivity index (χ3v) is 5.90. The van der Waals surface area contributed by atoms with Gasteiger partial charge in [-0.15, -0.1) is 0 Å². The van der Waals surface area contributed by atoms with Gasteiger partial charge in [0.15, 0.2) is 0 Å². The monoisotopic (exact) mass is 325 g/mol. The van der Waals surface area contributed by atoms with Crippen LogP contribution in [-0.4, -0.2) is 29.1 Å². The number of likely N-dealkylation sites (tertiary alicyclic amines) is 1. The molecule has 0 aromatic heterocycles. The van der Waals surface area contributed by atoms with Crippen molar-refractivity contribution in [3.63, 3.8) is 0 Å². The molecule has 2 nitrogen and oxygen atoms in total. The first kappa shape index (κ1) is 15.2. The average Bonchev–Trinajstić information content (AvgIpc) is 2.43. The van der Waals surface area contributed by atoms with Gasteiger partial charge in [0.05, 0.1) is 0 Å². The SMILES string of the molecule is CC1C2Cc3ccc(O)cc3C1(C)CCN2CC=C(Cl)Cl. The molecule has 1 heterocycles. The van der Waals surface area contributed by atoms with Crippen LogP contribution in [-0.2, 0) is 11.8 Å². The Hall–Kier alpha value is -0.700. The number of benzene rings is 1. The topological polar surface area (TPSA) is 23.5 Å². The van der Waals surface area contributed by atoms with Crippen molar-refractivity contribution in [1.82, 2.24) is 4.90 Å². The van der Waals surface area contributed by atoms with Crippen LogP contribution in [0.2, 0.25) is 0 Å². The quantitative estimate of drug-likeness (QED) is 0.879. The van der Waals surface area contributed by atoms with Gasteiger partial charge >= 0.3 is 0 Å². The van der Waals surface area contributed by atoms with Crippen molar-refractivity contribution in [3.8, 4) is 5.75 Å². The first-order valence-electron chi connectivity index (χ1n) is 7.49. The summed E-state index contributed by atoms with van der Waals surface area (Å²) in [6.07, 6.45) is 4.00. The molecule has 2 aliphatic rings. The molecule has 114 valence electrons. The number of hydrogen-bond donors (Lipinski definition) is 1. The Labute approximate surface area is 136 Å². The lowest BCUT2D eigenvalue weighted by Crippen LogP contribution is -2.57. The number of piperidine rings is 1. The highest BCUT2D eigenvalue weighted by atomic mass is 35.5. The van der Waals surface area contributed by atoms with E-state index < -0.39 is 0 Å². The molecule has 0 radical (unpaired) electrons. The normalized spacial score (nSPS) is 31.6. The van der Waals surface area contributed by atoms with E-state index in [9.17, 15) is 5.11 Å². The van der Waals surface area contributed by atoms with Crippen molar-refractivity contribution in [1.29, 1.82) is 0 Å². The highest BCUT2D eigenvalue weighted by Gasteiger charge is 2.48. The minimum atomic E-state index is 0.141. The van der Waals surface area contributed by atoms with Crippen molar-refractivity contribution in [2.24, 2.45) is 5.92 Å². The lowest BCUT2D eigenvalue weighted by molar-refractivity contribution is 0.0398. The van der Waals surface area contributed by atoms with E-state index in [-0.39, 0.29) is 5.41 Å². The second kappa shape index (κ2) is 5.49. The zero-order valence-corrected chi connectivity index (χ0v) is 14.0. The molecule has 2 bridgehead atoms. The summed E-state index contributed by atoms with van der Waals surface area (Å²) < 4.78 is 0.345. The molecule has 21 heavy (non-hydrogen) atoms. The summed E-state index contributed by atoms with van der Waals surface area (Å²) in [6.45, 7) is 6.51. The second-order valence-electron chi connectivity index (χ2n) is 6.56. The van der Waals surface area contributed by atoms with Gasteiger partial charge in [-0.2, -0.15) is 0 Å². The number of aromatic hydroxyl groups is 1. The maximum Gasteiger partial charge on any atom is 0.115 e. The summed E-state index contributed by atoms with van der Waals surface area (Å²) in [5.74, 6) is 0.919. The van der Waals surface area contributed by atoms with Crippen molar-refractivity contribution in [2.45, 2.75) is 38.1 Å². The Kier molecular flexibility index (Phi) is 3.98. The number of halogens is 2. The molecule has 1 aromatic carbocycles. The zero-order valence-electron chi connectivity index (χ0n) is 12.4. The van der Waals surface area contributed by atoms with Crippen molar-refractivity contribution in [3.05, 3.63) is 39.9 Å². The first-order chi connectivity index (χ1) is 9.91. The van der Waals surface area contributed by atoms with Crippen LogP contribution in [0.3, 0.4) is 0 Å². The van der Waals surface area contributed by atoms with Crippen LogP contribution in [0.1, 0.15) is 31.4 Å². The maximum absolute atomic E-state index is 9.84. The number of phenols is 1. The smallest absolute Gasteiger partial charge is 0.115 e. The van der Waals surface area contributed by atoms with Gasteiger partial charge < -0.3 is 5.11 Å². The van der Waals surface area contributed by atoms with Crippen molar-refractivity contribution >= 4 is 23.2 Å². The summed E-state index contributed by atoms with van der Waals surface area (Å²) in [4.78, 5) is 2.48. The highest BCUT2D eigenvalue weighted by Crippen LogP contribution is 2.49. The maximum atomic E-state index is 9.84. The average molecular weight is 326 g/mol. The molecule has 1 N–H and O–H groups in total. The standard InChI is InChI=1S/C17H21Cl2NO/c1-11-15-9-12-3-4-13(21)10-14(12)17(11,2)6-8-20(15)7-5-16(18)19/h3-5,10-11,15,21H,6-9H2,1-2H3. The molecule has 1 aromatic rings. The minimum Gasteiger partial charge on any atom is -0.508 e. The molecule has 3 atom stereocenters. The van der Waals surface area contributed by atoms with E-state index in [0.717, 1.165) is 25.9 Å². The Morgan fingerprint density at radius 2 is 2.24 bits per heavy atom. The van der Waals surface area contributed by atoms with Gasteiger partial charge in [0.25, 0.3) is 0 Å². The van der Waals surface area contributed by atoms with Gasteiger partial charge in [-0.1, -0.05) is 43.1 Å². The summed E-state index contributed by atoms with van der Waals surface area (Å²) >= 11 is 11.5. The number of rotatable bonds is 2. The minimum absolute atomic E-state index is 0.141. The van der Waals surface area contributed by atoms with Gasteiger partial charge in [-0.3, -0.25) is 4.90 Å². The Morgan fingerprint density at radius 1 is 1.48 bits per heavy atom. The Morgan fingerprint density at radius 3 is 2.95 bits per heavy atom.